The molecule has 0 aliphatic heterocycles. The summed E-state index contributed by atoms with van der Waals surface area (Å²) in [5, 5.41) is 0. The van der Waals surface area contributed by atoms with Crippen LogP contribution >= 0.6 is 0 Å². The Morgan fingerprint density at radius 2 is 1.94 bits per heavy atom. The Bertz CT molecular complexity index is 590. The van der Waals surface area contributed by atoms with Crippen molar-refractivity contribution >= 4 is 0 Å². The van der Waals surface area contributed by atoms with Crippen molar-refractivity contribution in [2.45, 2.75) is 12.7 Å². The number of rotatable bonds is 2. The second-order valence-electron chi connectivity index (χ2n) is 3.69. The highest BCUT2D eigenvalue weighted by Gasteiger charge is 2.28. The molecule has 0 bridgehead atoms. The molecule has 0 N–H and O–H groups in total. The quantitative estimate of drug-likeness (QED) is 0.825. The fourth-order valence-corrected chi connectivity index (χ4v) is 1.57. The third kappa shape index (κ3) is 2.77. The molecule has 0 aliphatic carbocycles. The van der Waals surface area contributed by atoms with Gasteiger partial charge in [0.05, 0.1) is 11.3 Å². The van der Waals surface area contributed by atoms with E-state index in [1.807, 2.05) is 0 Å². The number of halogens is 3. The first-order chi connectivity index (χ1) is 8.47. The van der Waals surface area contributed by atoms with Crippen molar-refractivity contribution in [2.75, 3.05) is 0 Å². The molecule has 0 saturated carbocycles. The molecule has 0 atom stereocenters. The van der Waals surface area contributed by atoms with Gasteiger partial charge in [-0.05, 0) is 24.3 Å². The van der Waals surface area contributed by atoms with Gasteiger partial charge in [-0.15, -0.1) is 0 Å². The summed E-state index contributed by atoms with van der Waals surface area (Å²) >= 11 is 0. The summed E-state index contributed by atoms with van der Waals surface area (Å²) in [6.45, 7) is -1.30. The second kappa shape index (κ2) is 4.64. The Morgan fingerprint density at radius 3 is 2.56 bits per heavy atom. The number of alkyl halides is 3. The monoisotopic (exact) mass is 254 g/mol. The van der Waals surface area contributed by atoms with E-state index in [1.54, 1.807) is 18.2 Å². The Labute approximate surface area is 101 Å². The van der Waals surface area contributed by atoms with Crippen molar-refractivity contribution in [1.82, 2.24) is 9.55 Å². The van der Waals surface area contributed by atoms with Gasteiger partial charge in [0.15, 0.2) is 0 Å². The van der Waals surface area contributed by atoms with E-state index in [4.69, 9.17) is 0 Å². The first kappa shape index (κ1) is 12.3. The highest BCUT2D eigenvalue weighted by molar-refractivity contribution is 5.57. The van der Waals surface area contributed by atoms with Crippen molar-refractivity contribution in [3.8, 4) is 11.3 Å². The maximum atomic E-state index is 12.3. The molecule has 6 heteroatoms. The van der Waals surface area contributed by atoms with Crippen LogP contribution in [-0.4, -0.2) is 15.7 Å². The van der Waals surface area contributed by atoms with Crippen molar-refractivity contribution in [3.05, 3.63) is 53.1 Å². The standard InChI is InChI=1S/C12H9F3N2O/c13-12(14,15)8-17-7-3-4-9(11(17)18)10-5-1-2-6-16-10/h1-7H,8H2. The molecule has 0 unspecified atom stereocenters. The van der Waals surface area contributed by atoms with Gasteiger partial charge in [-0.2, -0.15) is 13.2 Å². The summed E-state index contributed by atoms with van der Waals surface area (Å²) in [7, 11) is 0. The van der Waals surface area contributed by atoms with Crippen LogP contribution in [0.25, 0.3) is 11.3 Å². The third-order valence-electron chi connectivity index (χ3n) is 2.31. The topological polar surface area (TPSA) is 34.9 Å². The Hall–Kier alpha value is -2.11. The zero-order valence-electron chi connectivity index (χ0n) is 9.19. The molecule has 0 aliphatic rings. The minimum atomic E-state index is -4.42. The molecule has 0 radical (unpaired) electrons. The zero-order chi connectivity index (χ0) is 13.2. The molecule has 18 heavy (non-hydrogen) atoms. The molecular formula is C12H9F3N2O. The van der Waals surface area contributed by atoms with E-state index in [2.05, 4.69) is 4.98 Å². The number of pyridine rings is 2. The molecular weight excluding hydrogens is 245 g/mol. The van der Waals surface area contributed by atoms with E-state index in [0.29, 0.717) is 10.3 Å². The number of hydrogen-bond donors (Lipinski definition) is 0. The van der Waals surface area contributed by atoms with E-state index in [-0.39, 0.29) is 5.56 Å². The number of nitrogens with zero attached hydrogens (tertiary/aromatic N) is 2. The van der Waals surface area contributed by atoms with Gasteiger partial charge < -0.3 is 4.57 Å². The minimum Gasteiger partial charge on any atom is -0.306 e. The molecule has 3 nitrogen and oxygen atoms in total. The van der Waals surface area contributed by atoms with E-state index in [0.717, 1.165) is 6.20 Å². The van der Waals surface area contributed by atoms with Crippen LogP contribution in [0.4, 0.5) is 13.2 Å². The smallest absolute Gasteiger partial charge is 0.306 e. The van der Waals surface area contributed by atoms with Crippen LogP contribution in [0.2, 0.25) is 0 Å². The van der Waals surface area contributed by atoms with Crippen LogP contribution in [0.5, 0.6) is 0 Å². The lowest BCUT2D eigenvalue weighted by Gasteiger charge is -2.10. The molecule has 94 valence electrons. The average Bonchev–Trinajstić information content (AvgIpc) is 2.31. The maximum Gasteiger partial charge on any atom is 0.406 e. The van der Waals surface area contributed by atoms with Crippen molar-refractivity contribution < 1.29 is 13.2 Å². The van der Waals surface area contributed by atoms with E-state index in [9.17, 15) is 18.0 Å². The van der Waals surface area contributed by atoms with E-state index in [1.165, 1.54) is 18.3 Å². The lowest BCUT2D eigenvalue weighted by Crippen LogP contribution is -2.28. The molecule has 0 fully saturated rings. The van der Waals surface area contributed by atoms with Crippen molar-refractivity contribution in [2.24, 2.45) is 0 Å². The largest absolute Gasteiger partial charge is 0.406 e. The fourth-order valence-electron chi connectivity index (χ4n) is 1.57. The summed E-state index contributed by atoms with van der Waals surface area (Å²) < 4.78 is 37.5. The molecule has 0 saturated heterocycles. The van der Waals surface area contributed by atoms with Gasteiger partial charge in [0.2, 0.25) is 0 Å². The molecule has 2 heterocycles. The van der Waals surface area contributed by atoms with Gasteiger partial charge in [0.1, 0.15) is 6.54 Å². The predicted octanol–water partition coefficient (Wildman–Crippen LogP) is 2.47. The van der Waals surface area contributed by atoms with Gasteiger partial charge >= 0.3 is 6.18 Å². The summed E-state index contributed by atoms with van der Waals surface area (Å²) in [5.74, 6) is 0. The second-order valence-corrected chi connectivity index (χ2v) is 3.69. The van der Waals surface area contributed by atoms with E-state index < -0.39 is 18.3 Å². The molecule has 2 aromatic heterocycles. The van der Waals surface area contributed by atoms with Gasteiger partial charge in [0, 0.05) is 12.4 Å². The Morgan fingerprint density at radius 1 is 1.17 bits per heavy atom. The van der Waals surface area contributed by atoms with Crippen LogP contribution < -0.4 is 5.56 Å². The first-order valence-electron chi connectivity index (χ1n) is 5.15. The van der Waals surface area contributed by atoms with Gasteiger partial charge in [0.25, 0.3) is 5.56 Å². The van der Waals surface area contributed by atoms with E-state index >= 15 is 0 Å². The highest BCUT2D eigenvalue weighted by atomic mass is 19.4. The van der Waals surface area contributed by atoms with Gasteiger partial charge in [-0.1, -0.05) is 6.07 Å². The number of aromatic nitrogens is 2. The van der Waals surface area contributed by atoms with Crippen LogP contribution in [0, 0.1) is 0 Å². The average molecular weight is 254 g/mol. The van der Waals surface area contributed by atoms with Crippen molar-refractivity contribution in [1.29, 1.82) is 0 Å². The Kier molecular flexibility index (Phi) is 3.18. The lowest BCUT2D eigenvalue weighted by molar-refractivity contribution is -0.141. The minimum absolute atomic E-state index is 0.155. The zero-order valence-corrected chi connectivity index (χ0v) is 9.19. The normalized spacial score (nSPS) is 11.5. The fraction of sp³-hybridized carbons (Fsp3) is 0.167. The molecule has 0 spiro atoms. The third-order valence-corrected chi connectivity index (χ3v) is 2.31. The summed E-state index contributed by atoms with van der Waals surface area (Å²) in [6.07, 6.45) is -1.83. The van der Waals surface area contributed by atoms with Crippen LogP contribution in [0.15, 0.2) is 47.5 Å². The summed E-state index contributed by atoms with van der Waals surface area (Å²) in [5.41, 5.74) is -0.185. The Balaban J connectivity index is 2.46. The summed E-state index contributed by atoms with van der Waals surface area (Å²) in [6, 6.07) is 7.77. The number of hydrogen-bond acceptors (Lipinski definition) is 2. The van der Waals surface area contributed by atoms with Crippen LogP contribution in [0.3, 0.4) is 0 Å². The van der Waals surface area contributed by atoms with Crippen molar-refractivity contribution in [3.63, 3.8) is 0 Å². The highest BCUT2D eigenvalue weighted by Crippen LogP contribution is 2.17. The van der Waals surface area contributed by atoms with Gasteiger partial charge in [-0.3, -0.25) is 9.78 Å². The van der Waals surface area contributed by atoms with Crippen LogP contribution in [0.1, 0.15) is 0 Å². The molecule has 2 rings (SSSR count). The van der Waals surface area contributed by atoms with Gasteiger partial charge in [-0.25, -0.2) is 0 Å². The SMILES string of the molecule is O=c1c(-c2ccccn2)cccn1CC(F)(F)F. The first-order valence-corrected chi connectivity index (χ1v) is 5.15. The lowest BCUT2D eigenvalue weighted by atomic mass is 10.2. The maximum absolute atomic E-state index is 12.3. The molecule has 2 aromatic rings. The predicted molar refractivity (Wildman–Crippen MR) is 60.0 cm³/mol. The molecule has 0 amide bonds. The molecule has 0 aromatic carbocycles. The summed E-state index contributed by atoms with van der Waals surface area (Å²) in [4.78, 5) is 15.8. The van der Waals surface area contributed by atoms with Crippen LogP contribution in [-0.2, 0) is 6.54 Å².